The molecule has 0 aliphatic rings. The second-order valence-corrected chi connectivity index (χ2v) is 5.82. The number of aromatic hydroxyl groups is 2. The summed E-state index contributed by atoms with van der Waals surface area (Å²) in [6.45, 7) is 0.469. The Kier molecular flexibility index (Phi) is 6.50. The molecule has 0 aliphatic heterocycles. The van der Waals surface area contributed by atoms with Gasteiger partial charge < -0.3 is 14.9 Å². The van der Waals surface area contributed by atoms with Crippen molar-refractivity contribution in [3.05, 3.63) is 49.5 Å². The van der Waals surface area contributed by atoms with Gasteiger partial charge in [-0.15, -0.1) is 0 Å². The fraction of sp³-hybridized carbons (Fsp3) is 0.200. The predicted octanol–water partition coefficient (Wildman–Crippen LogP) is 1.38. The SMILES string of the molecule is COCCn1c(O)c(/C=N/NC(=O)c2cc(Cl)ccc2O)c(=O)[nH]c1=S. The number of phenolic OH excluding ortho intramolecular Hbond substituents is 1. The van der Waals surface area contributed by atoms with Crippen LogP contribution in [0, 0.1) is 4.77 Å². The number of carbonyl (C=O) groups is 1. The first-order valence-electron chi connectivity index (χ1n) is 7.22. The van der Waals surface area contributed by atoms with Crippen molar-refractivity contribution in [2.75, 3.05) is 13.7 Å². The van der Waals surface area contributed by atoms with Crippen molar-refractivity contribution in [2.24, 2.45) is 5.10 Å². The maximum Gasteiger partial charge on any atom is 0.275 e. The smallest absolute Gasteiger partial charge is 0.275 e. The molecule has 4 N–H and O–H groups in total. The third-order valence-electron chi connectivity index (χ3n) is 3.29. The largest absolute Gasteiger partial charge is 0.507 e. The van der Waals surface area contributed by atoms with Crippen LogP contribution in [0.25, 0.3) is 0 Å². The molecule has 0 bridgehead atoms. The molecule has 0 atom stereocenters. The van der Waals surface area contributed by atoms with E-state index in [9.17, 15) is 19.8 Å². The van der Waals surface area contributed by atoms with E-state index < -0.39 is 17.3 Å². The minimum absolute atomic E-state index is 0.0228. The molecular formula is C15H15ClN4O5S. The highest BCUT2D eigenvalue weighted by Gasteiger charge is 2.13. The van der Waals surface area contributed by atoms with E-state index in [1.807, 2.05) is 0 Å². The van der Waals surface area contributed by atoms with Gasteiger partial charge in [-0.1, -0.05) is 11.6 Å². The summed E-state index contributed by atoms with van der Waals surface area (Å²) in [5, 5.41) is 23.7. The molecule has 0 saturated carbocycles. The maximum atomic E-state index is 12.0. The number of hydrogen-bond acceptors (Lipinski definition) is 7. The molecule has 138 valence electrons. The standard InChI is InChI=1S/C15H15ClN4O5S/c1-25-5-4-20-14(24)10(12(22)18-15(20)26)7-17-19-13(23)9-6-8(16)2-3-11(9)21/h2-3,6-7,21,24H,4-5H2,1H3,(H,19,23)(H,18,22,26)/b17-7+. The minimum Gasteiger partial charge on any atom is -0.507 e. The molecule has 9 nitrogen and oxygen atoms in total. The van der Waals surface area contributed by atoms with Crippen LogP contribution in [0.1, 0.15) is 15.9 Å². The number of halogens is 1. The Morgan fingerprint density at radius 1 is 1.50 bits per heavy atom. The van der Waals surface area contributed by atoms with Crippen LogP contribution in [0.15, 0.2) is 28.1 Å². The molecule has 0 saturated heterocycles. The quantitative estimate of drug-likeness (QED) is 0.330. The molecule has 1 aromatic carbocycles. The number of ether oxygens (including phenoxy) is 1. The zero-order valence-electron chi connectivity index (χ0n) is 13.5. The lowest BCUT2D eigenvalue weighted by Crippen LogP contribution is -2.22. The number of nitrogens with zero attached hydrogens (tertiary/aromatic N) is 2. The van der Waals surface area contributed by atoms with Crippen LogP contribution in [0.2, 0.25) is 5.02 Å². The molecule has 1 amide bonds. The average Bonchev–Trinajstić information content (AvgIpc) is 2.59. The van der Waals surface area contributed by atoms with Crippen molar-refractivity contribution in [3.63, 3.8) is 0 Å². The first-order valence-corrected chi connectivity index (χ1v) is 8.00. The van der Waals surface area contributed by atoms with Gasteiger partial charge in [0.15, 0.2) is 4.77 Å². The van der Waals surface area contributed by atoms with E-state index in [-0.39, 0.29) is 39.8 Å². The first kappa shape index (κ1) is 19.6. The Morgan fingerprint density at radius 3 is 2.92 bits per heavy atom. The van der Waals surface area contributed by atoms with Crippen molar-refractivity contribution in [3.8, 4) is 11.6 Å². The minimum atomic E-state index is -0.746. The van der Waals surface area contributed by atoms with Crippen molar-refractivity contribution in [1.82, 2.24) is 15.0 Å². The number of benzene rings is 1. The van der Waals surface area contributed by atoms with Gasteiger partial charge in [0, 0.05) is 12.1 Å². The number of methoxy groups -OCH3 is 1. The maximum absolute atomic E-state index is 12.0. The number of nitrogens with one attached hydrogen (secondary N) is 2. The molecule has 1 heterocycles. The fourth-order valence-corrected chi connectivity index (χ4v) is 2.43. The highest BCUT2D eigenvalue weighted by Crippen LogP contribution is 2.21. The van der Waals surface area contributed by atoms with Crippen molar-refractivity contribution in [2.45, 2.75) is 6.54 Å². The second-order valence-electron chi connectivity index (χ2n) is 5.00. The number of aromatic amines is 1. The monoisotopic (exact) mass is 398 g/mol. The Hall–Kier alpha value is -2.69. The number of phenols is 1. The van der Waals surface area contributed by atoms with Crippen LogP contribution < -0.4 is 11.0 Å². The zero-order valence-corrected chi connectivity index (χ0v) is 15.1. The van der Waals surface area contributed by atoms with Crippen molar-refractivity contribution >= 4 is 35.9 Å². The van der Waals surface area contributed by atoms with Gasteiger partial charge in [-0.3, -0.25) is 19.1 Å². The van der Waals surface area contributed by atoms with Crippen LogP contribution in [-0.2, 0) is 11.3 Å². The Bertz CT molecular complexity index is 969. The highest BCUT2D eigenvalue weighted by molar-refractivity contribution is 7.71. The van der Waals surface area contributed by atoms with Crippen molar-refractivity contribution < 1.29 is 19.7 Å². The van der Waals surface area contributed by atoms with Gasteiger partial charge in [0.2, 0.25) is 5.88 Å². The normalized spacial score (nSPS) is 11.0. The van der Waals surface area contributed by atoms with E-state index in [4.69, 9.17) is 28.6 Å². The molecule has 0 aliphatic carbocycles. The summed E-state index contributed by atoms with van der Waals surface area (Å²) in [6.07, 6.45) is 0.964. The number of hydrazone groups is 1. The molecule has 1 aromatic heterocycles. The van der Waals surface area contributed by atoms with Gasteiger partial charge in [0.05, 0.1) is 24.9 Å². The van der Waals surface area contributed by atoms with Crippen LogP contribution in [0.3, 0.4) is 0 Å². The third-order valence-corrected chi connectivity index (χ3v) is 3.85. The Balaban J connectivity index is 2.25. The number of aromatic nitrogens is 2. The third kappa shape index (κ3) is 4.48. The molecule has 0 spiro atoms. The summed E-state index contributed by atoms with van der Waals surface area (Å²) in [7, 11) is 1.48. The highest BCUT2D eigenvalue weighted by atomic mass is 35.5. The summed E-state index contributed by atoms with van der Waals surface area (Å²) in [5.41, 5.74) is 1.16. The first-order chi connectivity index (χ1) is 12.3. The molecule has 2 aromatic rings. The second kappa shape index (κ2) is 8.61. The molecule has 2 rings (SSSR count). The van der Waals surface area contributed by atoms with Crippen molar-refractivity contribution in [1.29, 1.82) is 0 Å². The molecule has 26 heavy (non-hydrogen) atoms. The Labute approximate surface area is 157 Å². The summed E-state index contributed by atoms with van der Waals surface area (Å²) in [4.78, 5) is 26.3. The number of carbonyl (C=O) groups excluding carboxylic acids is 1. The topological polar surface area (TPSA) is 129 Å². The Morgan fingerprint density at radius 2 is 2.23 bits per heavy atom. The predicted molar refractivity (Wildman–Crippen MR) is 97.6 cm³/mol. The summed E-state index contributed by atoms with van der Waals surface area (Å²) in [5.74, 6) is -1.45. The van der Waals surface area contributed by atoms with E-state index in [0.29, 0.717) is 0 Å². The molecule has 11 heteroatoms. The number of amides is 1. The number of H-pyrrole nitrogens is 1. The van der Waals surface area contributed by atoms with E-state index in [0.717, 1.165) is 6.21 Å². The average molecular weight is 399 g/mol. The summed E-state index contributed by atoms with van der Waals surface area (Å²) >= 11 is 10.8. The number of rotatable bonds is 6. The summed E-state index contributed by atoms with van der Waals surface area (Å²) < 4.78 is 6.19. The fourth-order valence-electron chi connectivity index (χ4n) is 1.99. The lowest BCUT2D eigenvalue weighted by atomic mass is 10.2. The van der Waals surface area contributed by atoms with E-state index >= 15 is 0 Å². The van der Waals surface area contributed by atoms with Gasteiger partial charge in [-0.2, -0.15) is 5.10 Å². The molecule has 0 unspecified atom stereocenters. The van der Waals surface area contributed by atoms with E-state index in [2.05, 4.69) is 15.5 Å². The zero-order chi connectivity index (χ0) is 19.3. The summed E-state index contributed by atoms with van der Waals surface area (Å²) in [6, 6.07) is 3.94. The van der Waals surface area contributed by atoms with Crippen LogP contribution in [0.5, 0.6) is 11.6 Å². The molecular weight excluding hydrogens is 384 g/mol. The van der Waals surface area contributed by atoms with E-state index in [1.54, 1.807) is 0 Å². The lowest BCUT2D eigenvalue weighted by molar-refractivity contribution is 0.0952. The lowest BCUT2D eigenvalue weighted by Gasteiger charge is -2.10. The van der Waals surface area contributed by atoms with Gasteiger partial charge >= 0.3 is 0 Å². The van der Waals surface area contributed by atoms with Crippen LogP contribution in [0.4, 0.5) is 0 Å². The van der Waals surface area contributed by atoms with Gasteiger partial charge in [0.1, 0.15) is 11.3 Å². The van der Waals surface area contributed by atoms with E-state index in [1.165, 1.54) is 29.9 Å². The molecule has 0 fully saturated rings. The van der Waals surface area contributed by atoms with Crippen LogP contribution in [-0.4, -0.2) is 45.6 Å². The molecule has 0 radical (unpaired) electrons. The van der Waals surface area contributed by atoms with Gasteiger partial charge in [0.25, 0.3) is 11.5 Å². The van der Waals surface area contributed by atoms with Crippen LogP contribution >= 0.6 is 23.8 Å². The number of hydrogen-bond donors (Lipinski definition) is 4. The van der Waals surface area contributed by atoms with Gasteiger partial charge in [-0.05, 0) is 30.4 Å². The van der Waals surface area contributed by atoms with Gasteiger partial charge in [-0.25, -0.2) is 5.43 Å².